The highest BCUT2D eigenvalue weighted by molar-refractivity contribution is 6.42. The van der Waals surface area contributed by atoms with Crippen molar-refractivity contribution in [2.45, 2.75) is 32.2 Å². The number of benzene rings is 2. The van der Waals surface area contributed by atoms with E-state index in [1.807, 2.05) is 29.8 Å². The van der Waals surface area contributed by atoms with Crippen molar-refractivity contribution in [2.75, 3.05) is 20.2 Å². The summed E-state index contributed by atoms with van der Waals surface area (Å²) in [5.74, 6) is 0.885. The minimum Gasteiger partial charge on any atom is -0.503 e. The second kappa shape index (κ2) is 12.9. The number of ether oxygens (including phenoxy) is 1. The van der Waals surface area contributed by atoms with Crippen molar-refractivity contribution in [1.82, 2.24) is 9.88 Å². The van der Waals surface area contributed by atoms with Crippen LogP contribution in [0.3, 0.4) is 0 Å². The van der Waals surface area contributed by atoms with Crippen molar-refractivity contribution < 1.29 is 19.2 Å². The number of nitrogens with zero attached hydrogens (tertiary/aromatic N) is 2. The number of unbranched alkanes of at least 4 members (excludes halogenated alkanes) is 2. The normalized spacial score (nSPS) is 11.5. The molecule has 3 rings (SSSR count). The van der Waals surface area contributed by atoms with E-state index in [9.17, 15) is 9.90 Å². The molecule has 0 atom stereocenters. The summed E-state index contributed by atoms with van der Waals surface area (Å²) in [6.45, 7) is 1.61. The molecule has 194 valence electrons. The van der Waals surface area contributed by atoms with Crippen molar-refractivity contribution in [1.29, 1.82) is 0 Å². The number of fused-ring (bicyclic) bond motifs is 1. The average molecular weight is 575 g/mol. The number of aryl methyl sites for hydroxylation is 2. The van der Waals surface area contributed by atoms with Gasteiger partial charge >= 0.3 is 0 Å². The van der Waals surface area contributed by atoms with Gasteiger partial charge in [-0.2, -0.15) is 0 Å². The van der Waals surface area contributed by atoms with Gasteiger partial charge in [-0.3, -0.25) is 4.79 Å². The molecule has 1 heterocycles. The first-order valence-electron chi connectivity index (χ1n) is 11.5. The van der Waals surface area contributed by atoms with Crippen LogP contribution in [-0.2, 0) is 18.4 Å². The van der Waals surface area contributed by atoms with Crippen molar-refractivity contribution in [2.24, 2.45) is 12.8 Å². The Balaban J connectivity index is 1.90. The fourth-order valence-corrected chi connectivity index (χ4v) is 4.85. The second-order valence-electron chi connectivity index (χ2n) is 8.24. The Morgan fingerprint density at radius 2 is 1.83 bits per heavy atom. The predicted octanol–water partition coefficient (Wildman–Crippen LogP) is 5.60. The van der Waals surface area contributed by atoms with E-state index in [1.54, 1.807) is 6.08 Å². The topological polar surface area (TPSA) is 93.4 Å². The molecule has 11 heteroatoms. The number of halogens is 4. The summed E-state index contributed by atoms with van der Waals surface area (Å²) >= 11 is 25.4. The van der Waals surface area contributed by atoms with Crippen LogP contribution in [-0.4, -0.2) is 35.8 Å². The van der Waals surface area contributed by atoms with Crippen molar-refractivity contribution in [3.05, 3.63) is 49.7 Å². The van der Waals surface area contributed by atoms with E-state index in [4.69, 9.17) is 56.9 Å². The van der Waals surface area contributed by atoms with E-state index in [2.05, 4.69) is 9.88 Å². The number of nitrogens with two attached hydrogens (primary N) is 1. The third-order valence-corrected chi connectivity index (χ3v) is 7.27. The number of phenolic OH excluding ortho intramolecular Hbond substituents is 1. The van der Waals surface area contributed by atoms with E-state index in [0.29, 0.717) is 46.7 Å². The first-order chi connectivity index (χ1) is 17.2. The number of aromatic nitrogens is 2. The Labute approximate surface area is 230 Å². The van der Waals surface area contributed by atoms with Crippen molar-refractivity contribution in [3.63, 3.8) is 0 Å². The second-order valence-corrected chi connectivity index (χ2v) is 9.84. The largest absolute Gasteiger partial charge is 0.503 e. The summed E-state index contributed by atoms with van der Waals surface area (Å²) in [5.41, 5.74) is 7.71. The lowest BCUT2D eigenvalue weighted by Gasteiger charge is -2.09. The van der Waals surface area contributed by atoms with Crippen molar-refractivity contribution >= 4 is 75.5 Å². The lowest BCUT2D eigenvalue weighted by molar-refractivity contribution is -0.647. The van der Waals surface area contributed by atoms with Crippen LogP contribution >= 0.6 is 46.4 Å². The minimum atomic E-state index is -0.179. The van der Waals surface area contributed by atoms with Crippen LogP contribution in [0.5, 0.6) is 11.5 Å². The number of rotatable bonds is 11. The molecule has 0 bridgehead atoms. The summed E-state index contributed by atoms with van der Waals surface area (Å²) in [6.07, 6.45) is 6.58. The molecule has 2 aromatic carbocycles. The van der Waals surface area contributed by atoms with E-state index >= 15 is 0 Å². The molecule has 36 heavy (non-hydrogen) atoms. The predicted molar refractivity (Wildman–Crippen MR) is 147 cm³/mol. The summed E-state index contributed by atoms with van der Waals surface area (Å²) in [7, 11) is 3.36. The Morgan fingerprint density at radius 1 is 1.11 bits per heavy atom. The minimum absolute atomic E-state index is 0.0137. The van der Waals surface area contributed by atoms with E-state index < -0.39 is 0 Å². The van der Waals surface area contributed by atoms with Gasteiger partial charge in [-0.25, -0.2) is 9.13 Å². The molecule has 1 aromatic heterocycles. The molecule has 4 N–H and O–H groups in total. The molecular formula is C25H29Cl4N4O3+. The van der Waals surface area contributed by atoms with Gasteiger partial charge in [-0.15, -0.1) is 0 Å². The van der Waals surface area contributed by atoms with Crippen LogP contribution < -0.4 is 20.4 Å². The Hall–Kier alpha value is -2.16. The zero-order valence-electron chi connectivity index (χ0n) is 20.1. The standard InChI is InChI=1S/C25H28Cl4N4O3/c1-32-19-12-17(27)18(28)13-20(19)33(11-5-3-4-6-22(34)31-10-9-30)23(32)8-7-15-16(26)14-21(36-2)25(35)24(15)29/h7-8,12-14H,3-6,9-11,30H2,1-2H3,(H-,31,34,35)/p+1/b8-7+. The van der Waals surface area contributed by atoms with Gasteiger partial charge in [0.25, 0.3) is 5.82 Å². The van der Waals surface area contributed by atoms with Crippen LogP contribution in [0, 0.1) is 0 Å². The third kappa shape index (κ3) is 6.39. The molecule has 0 aliphatic rings. The molecule has 0 radical (unpaired) electrons. The van der Waals surface area contributed by atoms with Crippen molar-refractivity contribution in [3.8, 4) is 11.5 Å². The maximum absolute atomic E-state index is 11.8. The number of hydrogen-bond donors (Lipinski definition) is 3. The number of hydrogen-bond acceptors (Lipinski definition) is 4. The first kappa shape index (κ1) is 28.4. The van der Waals surface area contributed by atoms with Gasteiger partial charge in [-0.05, 0) is 25.3 Å². The molecule has 0 aliphatic carbocycles. The smallest absolute Gasteiger partial charge is 0.282 e. The van der Waals surface area contributed by atoms with E-state index in [-0.39, 0.29) is 22.4 Å². The lowest BCUT2D eigenvalue weighted by Crippen LogP contribution is -2.31. The molecule has 1 amide bonds. The molecule has 0 aliphatic heterocycles. The lowest BCUT2D eigenvalue weighted by atomic mass is 10.1. The Bertz CT molecular complexity index is 1290. The molecule has 0 saturated carbocycles. The Morgan fingerprint density at radius 3 is 2.53 bits per heavy atom. The highest BCUT2D eigenvalue weighted by Gasteiger charge is 2.23. The summed E-state index contributed by atoms with van der Waals surface area (Å²) in [6, 6.07) is 5.19. The molecule has 0 unspecified atom stereocenters. The number of methoxy groups -OCH3 is 1. The number of nitrogens with one attached hydrogen (secondary N) is 1. The van der Waals surface area contributed by atoms with Crippen LogP contribution in [0.2, 0.25) is 20.1 Å². The maximum Gasteiger partial charge on any atom is 0.282 e. The molecule has 3 aromatic rings. The van der Waals surface area contributed by atoms with Crippen LogP contribution in [0.15, 0.2) is 18.2 Å². The van der Waals surface area contributed by atoms with Gasteiger partial charge in [0.05, 0.1) is 40.8 Å². The number of carbonyl (C=O) groups excluding carboxylic acids is 1. The molecule has 0 saturated heterocycles. The van der Waals surface area contributed by atoms with Crippen LogP contribution in [0.4, 0.5) is 0 Å². The highest BCUT2D eigenvalue weighted by Crippen LogP contribution is 2.41. The van der Waals surface area contributed by atoms with E-state index in [0.717, 1.165) is 36.1 Å². The molecule has 7 nitrogen and oxygen atoms in total. The quantitative estimate of drug-likeness (QED) is 0.205. The van der Waals surface area contributed by atoms with Crippen LogP contribution in [0.1, 0.15) is 37.1 Å². The number of phenols is 1. The zero-order valence-corrected chi connectivity index (χ0v) is 23.1. The number of carbonyl (C=O) groups is 1. The number of amides is 1. The monoisotopic (exact) mass is 573 g/mol. The average Bonchev–Trinajstić information content (AvgIpc) is 3.10. The SMILES string of the molecule is COc1cc(Cl)c(/C=C/c2n(CCCCCC(=O)NCCN)c3cc(Cl)c(Cl)cc3[n+]2C)c(Cl)c1O. The zero-order chi connectivity index (χ0) is 26.4. The highest BCUT2D eigenvalue weighted by atomic mass is 35.5. The van der Waals surface area contributed by atoms with Gasteiger partial charge in [0.2, 0.25) is 5.91 Å². The fourth-order valence-electron chi connectivity index (χ4n) is 3.98. The maximum atomic E-state index is 11.8. The summed E-state index contributed by atoms with van der Waals surface area (Å²) < 4.78 is 9.25. The summed E-state index contributed by atoms with van der Waals surface area (Å²) in [5, 5.41) is 14.5. The molecule has 0 spiro atoms. The first-order valence-corrected chi connectivity index (χ1v) is 13.0. The number of aromatic hydroxyl groups is 1. The van der Waals surface area contributed by atoms with Gasteiger partial charge in [0.1, 0.15) is 0 Å². The molecule has 0 fully saturated rings. The van der Waals surface area contributed by atoms with Gasteiger partial charge in [0, 0.05) is 49.3 Å². The van der Waals surface area contributed by atoms with E-state index in [1.165, 1.54) is 13.2 Å². The number of imidazole rings is 1. The Kier molecular flexibility index (Phi) is 10.2. The van der Waals surface area contributed by atoms with Gasteiger partial charge < -0.3 is 20.9 Å². The third-order valence-electron chi connectivity index (χ3n) is 5.85. The van der Waals surface area contributed by atoms with Gasteiger partial charge in [0.15, 0.2) is 22.5 Å². The van der Waals surface area contributed by atoms with Crippen LogP contribution in [0.25, 0.3) is 23.2 Å². The molecular weight excluding hydrogens is 546 g/mol. The summed E-state index contributed by atoms with van der Waals surface area (Å²) in [4.78, 5) is 11.8. The fraction of sp³-hybridized carbons (Fsp3) is 0.360. The van der Waals surface area contributed by atoms with Gasteiger partial charge in [-0.1, -0.05) is 46.4 Å².